The average molecular weight is 414 g/mol. The molecule has 1 amide bonds. The minimum atomic E-state index is -0.282. The summed E-state index contributed by atoms with van der Waals surface area (Å²) in [5.74, 6) is 0.615. The van der Waals surface area contributed by atoms with Crippen LogP contribution in [0.3, 0.4) is 0 Å². The zero-order chi connectivity index (χ0) is 19.7. The van der Waals surface area contributed by atoms with Gasteiger partial charge in [0.05, 0.1) is 0 Å². The predicted molar refractivity (Wildman–Crippen MR) is 112 cm³/mol. The number of amides is 1. The van der Waals surface area contributed by atoms with Crippen LogP contribution in [0.4, 0.5) is 11.9 Å². The largest absolute Gasteiger partial charge is 0.324 e. The van der Waals surface area contributed by atoms with Crippen LogP contribution in [0, 0.1) is 0 Å². The number of aromatic nitrogens is 3. The summed E-state index contributed by atoms with van der Waals surface area (Å²) >= 11 is 12.5. The van der Waals surface area contributed by atoms with Crippen molar-refractivity contribution in [3.63, 3.8) is 0 Å². The number of rotatable bonds is 4. The van der Waals surface area contributed by atoms with Crippen molar-refractivity contribution in [1.82, 2.24) is 14.8 Å². The van der Waals surface area contributed by atoms with Crippen LogP contribution >= 0.6 is 23.2 Å². The second-order valence-corrected chi connectivity index (χ2v) is 7.13. The van der Waals surface area contributed by atoms with Crippen molar-refractivity contribution in [2.24, 2.45) is 0 Å². The van der Waals surface area contributed by atoms with E-state index in [0.29, 0.717) is 22.4 Å². The second kappa shape index (κ2) is 7.66. The molecule has 6 nitrogen and oxygen atoms in total. The number of anilines is 2. The van der Waals surface area contributed by atoms with E-state index in [1.807, 2.05) is 54.6 Å². The molecule has 28 heavy (non-hydrogen) atoms. The Morgan fingerprint density at radius 1 is 1.18 bits per heavy atom. The maximum absolute atomic E-state index is 11.7. The Bertz CT molecular complexity index is 1060. The number of carbonyl (C=O) groups is 1. The molecule has 2 heterocycles. The van der Waals surface area contributed by atoms with Crippen LogP contribution in [0.1, 0.15) is 30.5 Å². The summed E-state index contributed by atoms with van der Waals surface area (Å²) in [6.45, 7) is 1.77. The van der Waals surface area contributed by atoms with Gasteiger partial charge in [-0.2, -0.15) is 4.98 Å². The van der Waals surface area contributed by atoms with Crippen molar-refractivity contribution in [1.29, 1.82) is 0 Å². The van der Waals surface area contributed by atoms with Crippen molar-refractivity contribution in [3.8, 4) is 0 Å². The Morgan fingerprint density at radius 3 is 2.64 bits per heavy atom. The van der Waals surface area contributed by atoms with Gasteiger partial charge in [0, 0.05) is 22.2 Å². The molecule has 0 fully saturated rings. The number of halogens is 2. The highest BCUT2D eigenvalue weighted by Crippen LogP contribution is 2.36. The molecule has 0 radical (unpaired) electrons. The number of benzene rings is 2. The van der Waals surface area contributed by atoms with Crippen molar-refractivity contribution < 1.29 is 4.79 Å². The predicted octanol–water partition coefficient (Wildman–Crippen LogP) is 4.99. The summed E-state index contributed by atoms with van der Waals surface area (Å²) in [7, 11) is 0. The number of hydrogen-bond donors (Lipinski definition) is 2. The molecule has 0 saturated carbocycles. The SMILES string of the molecule is CCC(=O)Nc1nc2n(n1)[C@H](c1ccccc1Cl)C=C(c1ccc(Cl)cc1)N2. The summed E-state index contributed by atoms with van der Waals surface area (Å²) in [5.41, 5.74) is 2.70. The van der Waals surface area contributed by atoms with E-state index in [4.69, 9.17) is 23.2 Å². The molecular formula is C20H17Cl2N5O. The molecule has 3 aromatic rings. The van der Waals surface area contributed by atoms with Crippen molar-refractivity contribution in [2.75, 3.05) is 10.6 Å². The molecule has 1 atom stereocenters. The Labute approximate surface area is 172 Å². The number of fused-ring (bicyclic) bond motifs is 1. The molecule has 4 rings (SSSR count). The molecule has 2 aromatic carbocycles. The molecule has 8 heteroatoms. The van der Waals surface area contributed by atoms with Crippen molar-refractivity contribution >= 4 is 46.7 Å². The second-order valence-electron chi connectivity index (χ2n) is 6.28. The summed E-state index contributed by atoms with van der Waals surface area (Å²) in [4.78, 5) is 16.2. The van der Waals surface area contributed by atoms with Crippen LogP contribution in [-0.4, -0.2) is 20.7 Å². The van der Waals surface area contributed by atoms with Gasteiger partial charge in [-0.05, 0) is 35.4 Å². The molecule has 1 aromatic heterocycles. The monoisotopic (exact) mass is 413 g/mol. The van der Waals surface area contributed by atoms with Crippen LogP contribution in [0.2, 0.25) is 10.0 Å². The molecule has 2 N–H and O–H groups in total. The van der Waals surface area contributed by atoms with E-state index < -0.39 is 0 Å². The first-order valence-electron chi connectivity index (χ1n) is 8.80. The average Bonchev–Trinajstić information content (AvgIpc) is 3.10. The minimum Gasteiger partial charge on any atom is -0.324 e. The fourth-order valence-electron chi connectivity index (χ4n) is 2.99. The topological polar surface area (TPSA) is 71.8 Å². The Kier molecular flexibility index (Phi) is 5.07. The zero-order valence-electron chi connectivity index (χ0n) is 15.0. The van der Waals surface area contributed by atoms with Gasteiger partial charge in [-0.15, -0.1) is 5.10 Å². The van der Waals surface area contributed by atoms with Gasteiger partial charge in [-0.25, -0.2) is 4.68 Å². The van der Waals surface area contributed by atoms with Gasteiger partial charge in [0.2, 0.25) is 11.9 Å². The first kappa shape index (κ1) is 18.5. The summed E-state index contributed by atoms with van der Waals surface area (Å²) < 4.78 is 1.71. The van der Waals surface area contributed by atoms with Crippen LogP contribution in [0.25, 0.3) is 5.70 Å². The van der Waals surface area contributed by atoms with Crippen LogP contribution in [-0.2, 0) is 4.79 Å². The molecule has 0 saturated heterocycles. The van der Waals surface area contributed by atoms with Crippen LogP contribution in [0.5, 0.6) is 0 Å². The molecule has 0 spiro atoms. The lowest BCUT2D eigenvalue weighted by atomic mass is 10.0. The fraction of sp³-hybridized carbons (Fsp3) is 0.150. The van der Waals surface area contributed by atoms with Gasteiger partial charge in [0.25, 0.3) is 5.95 Å². The van der Waals surface area contributed by atoms with Crippen molar-refractivity contribution in [3.05, 3.63) is 75.8 Å². The number of allylic oxidation sites excluding steroid dienone is 1. The third-order valence-corrected chi connectivity index (χ3v) is 5.01. The number of nitrogens with one attached hydrogen (secondary N) is 2. The summed E-state index contributed by atoms with van der Waals surface area (Å²) in [6.07, 6.45) is 2.37. The van der Waals surface area contributed by atoms with Crippen LogP contribution in [0.15, 0.2) is 54.6 Å². The third kappa shape index (κ3) is 3.61. The highest BCUT2D eigenvalue weighted by Gasteiger charge is 2.27. The fourth-order valence-corrected chi connectivity index (χ4v) is 3.37. The van der Waals surface area contributed by atoms with E-state index in [9.17, 15) is 4.79 Å². The number of hydrogen-bond acceptors (Lipinski definition) is 4. The Balaban J connectivity index is 1.80. The standard InChI is InChI=1S/C20H17Cl2N5O/c1-2-18(28)24-19-25-20-23-16(12-7-9-13(21)10-8-12)11-17(27(20)26-19)14-5-3-4-6-15(14)22/h3-11,17H,2H2,1H3,(H2,23,24,25,26,28)/t17-/m0/s1. The lowest BCUT2D eigenvalue weighted by molar-refractivity contribution is -0.115. The normalized spacial score (nSPS) is 15.4. The molecular weight excluding hydrogens is 397 g/mol. The zero-order valence-corrected chi connectivity index (χ0v) is 16.5. The minimum absolute atomic E-state index is 0.150. The maximum Gasteiger partial charge on any atom is 0.250 e. The molecule has 1 aliphatic heterocycles. The number of nitrogens with zero attached hydrogens (tertiary/aromatic N) is 3. The summed E-state index contributed by atoms with van der Waals surface area (Å²) in [6, 6.07) is 14.8. The van der Waals surface area contributed by atoms with E-state index in [1.54, 1.807) is 11.6 Å². The van der Waals surface area contributed by atoms with Crippen LogP contribution < -0.4 is 10.6 Å². The molecule has 1 aliphatic rings. The molecule has 0 aliphatic carbocycles. The van der Waals surface area contributed by atoms with Gasteiger partial charge in [-0.1, -0.05) is 60.5 Å². The first-order valence-corrected chi connectivity index (χ1v) is 9.56. The van der Waals surface area contributed by atoms with Gasteiger partial charge in [-0.3, -0.25) is 10.1 Å². The lowest BCUT2D eigenvalue weighted by Gasteiger charge is -2.24. The van der Waals surface area contributed by atoms with E-state index in [0.717, 1.165) is 16.8 Å². The smallest absolute Gasteiger partial charge is 0.250 e. The Hall–Kier alpha value is -2.83. The lowest BCUT2D eigenvalue weighted by Crippen LogP contribution is -2.20. The quantitative estimate of drug-likeness (QED) is 0.631. The maximum atomic E-state index is 11.7. The Morgan fingerprint density at radius 2 is 1.93 bits per heavy atom. The van der Waals surface area contributed by atoms with Gasteiger partial charge >= 0.3 is 0 Å². The van der Waals surface area contributed by atoms with Crippen molar-refractivity contribution in [2.45, 2.75) is 19.4 Å². The first-order chi connectivity index (χ1) is 13.5. The van der Waals surface area contributed by atoms with E-state index in [1.165, 1.54) is 0 Å². The van der Waals surface area contributed by atoms with Gasteiger partial charge in [0.1, 0.15) is 6.04 Å². The number of carbonyl (C=O) groups excluding carboxylic acids is 1. The molecule has 142 valence electrons. The highest BCUT2D eigenvalue weighted by atomic mass is 35.5. The molecule has 0 unspecified atom stereocenters. The molecule has 0 bridgehead atoms. The van der Waals surface area contributed by atoms with E-state index >= 15 is 0 Å². The van der Waals surface area contributed by atoms with E-state index in [2.05, 4.69) is 20.7 Å². The van der Waals surface area contributed by atoms with Gasteiger partial charge in [0.15, 0.2) is 0 Å². The van der Waals surface area contributed by atoms with Gasteiger partial charge < -0.3 is 5.32 Å². The van der Waals surface area contributed by atoms with E-state index in [-0.39, 0.29) is 17.9 Å². The highest BCUT2D eigenvalue weighted by molar-refractivity contribution is 6.31. The summed E-state index contributed by atoms with van der Waals surface area (Å²) in [5, 5.41) is 11.7. The third-order valence-electron chi connectivity index (χ3n) is 4.42.